The number of hydrogen-bond acceptors (Lipinski definition) is 4. The highest BCUT2D eigenvalue weighted by Gasteiger charge is 2.24. The van der Waals surface area contributed by atoms with E-state index < -0.39 is 0 Å². The van der Waals surface area contributed by atoms with Crippen LogP contribution in [0.15, 0.2) is 28.7 Å². The Morgan fingerprint density at radius 3 is 2.83 bits per heavy atom. The Hall–Kier alpha value is -2.14. The van der Waals surface area contributed by atoms with Gasteiger partial charge in [0.1, 0.15) is 11.3 Å². The topological polar surface area (TPSA) is 47.1 Å². The van der Waals surface area contributed by atoms with Crippen molar-refractivity contribution in [2.45, 2.75) is 39.3 Å². The van der Waals surface area contributed by atoms with Gasteiger partial charge in [-0.25, -0.2) is 9.97 Å². The van der Waals surface area contributed by atoms with E-state index in [0.717, 1.165) is 43.0 Å². The summed E-state index contributed by atoms with van der Waals surface area (Å²) in [5, 5.41) is 0. The maximum Gasteiger partial charge on any atom is 0.209 e. The lowest BCUT2D eigenvalue weighted by atomic mass is 10.1. The summed E-state index contributed by atoms with van der Waals surface area (Å²) in [6.45, 7) is 7.02. The predicted octanol–water partition coefficient (Wildman–Crippen LogP) is 3.24. The SMILES string of the molecule is CC(C)c1nc2c(n1C)CCN(Cc1nc3ccccc3o1)C2. The zero-order valence-corrected chi connectivity index (χ0v) is 13.9. The lowest BCUT2D eigenvalue weighted by Crippen LogP contribution is -2.30. The van der Waals surface area contributed by atoms with Gasteiger partial charge in [0.25, 0.3) is 0 Å². The zero-order valence-electron chi connectivity index (χ0n) is 13.9. The molecule has 5 heteroatoms. The number of aromatic nitrogens is 3. The van der Waals surface area contributed by atoms with Gasteiger partial charge >= 0.3 is 0 Å². The molecule has 0 aliphatic carbocycles. The van der Waals surface area contributed by atoms with Crippen molar-refractivity contribution < 1.29 is 4.42 Å². The van der Waals surface area contributed by atoms with Crippen molar-refractivity contribution in [2.75, 3.05) is 6.54 Å². The number of benzene rings is 1. The van der Waals surface area contributed by atoms with E-state index in [1.54, 1.807) is 0 Å². The second kappa shape index (κ2) is 5.49. The Morgan fingerprint density at radius 2 is 2.04 bits per heavy atom. The normalized spacial score (nSPS) is 15.5. The van der Waals surface area contributed by atoms with E-state index in [-0.39, 0.29) is 0 Å². The summed E-state index contributed by atoms with van der Waals surface area (Å²) < 4.78 is 8.12. The molecule has 4 rings (SSSR count). The van der Waals surface area contributed by atoms with Crippen molar-refractivity contribution in [3.63, 3.8) is 0 Å². The van der Waals surface area contributed by atoms with Gasteiger partial charge in [-0.05, 0) is 12.1 Å². The van der Waals surface area contributed by atoms with Crippen LogP contribution in [0.3, 0.4) is 0 Å². The van der Waals surface area contributed by atoms with Crippen molar-refractivity contribution in [2.24, 2.45) is 7.05 Å². The fourth-order valence-electron chi connectivity index (χ4n) is 3.43. The highest BCUT2D eigenvalue weighted by molar-refractivity contribution is 5.72. The zero-order chi connectivity index (χ0) is 16.0. The Bertz CT molecular complexity index is 813. The van der Waals surface area contributed by atoms with E-state index in [1.165, 1.54) is 17.2 Å². The number of rotatable bonds is 3. The molecule has 0 spiro atoms. The number of hydrogen-bond donors (Lipinski definition) is 0. The summed E-state index contributed by atoms with van der Waals surface area (Å²) in [5.41, 5.74) is 4.38. The highest BCUT2D eigenvalue weighted by Crippen LogP contribution is 2.24. The maximum atomic E-state index is 5.85. The number of fused-ring (bicyclic) bond motifs is 2. The van der Waals surface area contributed by atoms with Crippen molar-refractivity contribution in [1.82, 2.24) is 19.4 Å². The number of para-hydroxylation sites is 2. The van der Waals surface area contributed by atoms with Gasteiger partial charge in [-0.2, -0.15) is 0 Å². The van der Waals surface area contributed by atoms with Crippen LogP contribution in [0.4, 0.5) is 0 Å². The minimum atomic E-state index is 0.455. The van der Waals surface area contributed by atoms with Crippen LogP contribution in [-0.2, 0) is 26.6 Å². The van der Waals surface area contributed by atoms with E-state index in [1.807, 2.05) is 24.3 Å². The molecule has 5 nitrogen and oxygen atoms in total. The lowest BCUT2D eigenvalue weighted by molar-refractivity contribution is 0.219. The molecule has 3 heterocycles. The summed E-state index contributed by atoms with van der Waals surface area (Å²) >= 11 is 0. The first-order valence-corrected chi connectivity index (χ1v) is 8.23. The standard InChI is InChI=1S/C18H22N4O/c1-12(2)18-20-14-10-22(9-8-15(14)21(18)3)11-17-19-13-6-4-5-7-16(13)23-17/h4-7,12H,8-11H2,1-3H3. The molecule has 0 fully saturated rings. The summed E-state index contributed by atoms with van der Waals surface area (Å²) in [6.07, 6.45) is 1.03. The third kappa shape index (κ3) is 2.55. The minimum Gasteiger partial charge on any atom is -0.439 e. The largest absolute Gasteiger partial charge is 0.439 e. The number of oxazole rings is 1. The molecule has 0 N–H and O–H groups in total. The molecule has 3 aromatic rings. The van der Waals surface area contributed by atoms with Gasteiger partial charge in [0.05, 0.1) is 12.2 Å². The minimum absolute atomic E-state index is 0.455. The molecule has 0 saturated carbocycles. The molecule has 1 aromatic carbocycles. The Morgan fingerprint density at radius 1 is 1.22 bits per heavy atom. The average molecular weight is 310 g/mol. The first kappa shape index (κ1) is 14.5. The molecule has 1 aliphatic heterocycles. The van der Waals surface area contributed by atoms with E-state index in [9.17, 15) is 0 Å². The van der Waals surface area contributed by atoms with Crippen molar-refractivity contribution >= 4 is 11.1 Å². The van der Waals surface area contributed by atoms with Gasteiger partial charge < -0.3 is 8.98 Å². The third-order valence-electron chi connectivity index (χ3n) is 4.58. The Kier molecular flexibility index (Phi) is 3.45. The molecule has 0 saturated heterocycles. The molecule has 0 bridgehead atoms. The van der Waals surface area contributed by atoms with Crippen LogP contribution in [0.25, 0.3) is 11.1 Å². The van der Waals surface area contributed by atoms with Gasteiger partial charge in [-0.15, -0.1) is 0 Å². The van der Waals surface area contributed by atoms with Crippen molar-refractivity contribution in [3.05, 3.63) is 47.4 Å². The molecule has 0 unspecified atom stereocenters. The van der Waals surface area contributed by atoms with Gasteiger partial charge in [-0.1, -0.05) is 26.0 Å². The van der Waals surface area contributed by atoms with Crippen LogP contribution < -0.4 is 0 Å². The van der Waals surface area contributed by atoms with Crippen LogP contribution >= 0.6 is 0 Å². The van der Waals surface area contributed by atoms with Gasteiger partial charge in [0.15, 0.2) is 5.58 Å². The van der Waals surface area contributed by atoms with Crippen LogP contribution in [0.2, 0.25) is 0 Å². The fourth-order valence-corrected chi connectivity index (χ4v) is 3.43. The monoisotopic (exact) mass is 310 g/mol. The molecule has 1 aliphatic rings. The second-order valence-corrected chi connectivity index (χ2v) is 6.61. The van der Waals surface area contributed by atoms with E-state index >= 15 is 0 Å². The smallest absolute Gasteiger partial charge is 0.209 e. The molecule has 120 valence electrons. The first-order chi connectivity index (χ1) is 11.1. The van der Waals surface area contributed by atoms with Crippen molar-refractivity contribution in [3.8, 4) is 0 Å². The first-order valence-electron chi connectivity index (χ1n) is 8.23. The Labute approximate surface area is 135 Å². The molecule has 0 radical (unpaired) electrons. The number of nitrogens with zero attached hydrogens (tertiary/aromatic N) is 4. The summed E-state index contributed by atoms with van der Waals surface area (Å²) in [7, 11) is 2.14. The molecular formula is C18H22N4O. The predicted molar refractivity (Wildman–Crippen MR) is 89.1 cm³/mol. The van der Waals surface area contributed by atoms with Crippen LogP contribution in [0.1, 0.15) is 42.9 Å². The molecule has 23 heavy (non-hydrogen) atoms. The van der Waals surface area contributed by atoms with E-state index in [4.69, 9.17) is 9.40 Å². The summed E-state index contributed by atoms with van der Waals surface area (Å²) in [6, 6.07) is 7.92. The van der Waals surface area contributed by atoms with Crippen LogP contribution in [0, 0.1) is 0 Å². The van der Waals surface area contributed by atoms with Crippen LogP contribution in [0.5, 0.6) is 0 Å². The number of imidazole rings is 1. The summed E-state index contributed by atoms with van der Waals surface area (Å²) in [4.78, 5) is 11.8. The third-order valence-corrected chi connectivity index (χ3v) is 4.58. The fraction of sp³-hybridized carbons (Fsp3) is 0.444. The van der Waals surface area contributed by atoms with Gasteiger partial charge in [-0.3, -0.25) is 4.90 Å². The second-order valence-electron chi connectivity index (χ2n) is 6.61. The molecular weight excluding hydrogens is 288 g/mol. The maximum absolute atomic E-state index is 5.85. The van der Waals surface area contributed by atoms with E-state index in [0.29, 0.717) is 5.92 Å². The van der Waals surface area contributed by atoms with Crippen LogP contribution in [-0.4, -0.2) is 26.0 Å². The van der Waals surface area contributed by atoms with Crippen molar-refractivity contribution in [1.29, 1.82) is 0 Å². The van der Waals surface area contributed by atoms with E-state index in [2.05, 4.69) is 35.3 Å². The quantitative estimate of drug-likeness (QED) is 0.745. The van der Waals surface area contributed by atoms with Gasteiger partial charge in [0, 0.05) is 38.2 Å². The highest BCUT2D eigenvalue weighted by atomic mass is 16.3. The lowest BCUT2D eigenvalue weighted by Gasteiger charge is -2.25. The molecule has 0 amide bonds. The summed E-state index contributed by atoms with van der Waals surface area (Å²) in [5.74, 6) is 2.42. The Balaban J connectivity index is 1.55. The molecule has 0 atom stereocenters. The average Bonchev–Trinajstić information content (AvgIpc) is 3.08. The molecule has 2 aromatic heterocycles. The van der Waals surface area contributed by atoms with Gasteiger partial charge in [0.2, 0.25) is 5.89 Å².